The molecule has 10 aliphatic carbocycles. The number of fused-ring (bicyclic) bond motifs is 15. The lowest BCUT2D eigenvalue weighted by molar-refractivity contribution is -0.276. The molecule has 7 aromatic rings. The van der Waals surface area contributed by atoms with Crippen LogP contribution in [0.2, 0.25) is 0 Å². The van der Waals surface area contributed by atoms with Crippen LogP contribution in [0.1, 0.15) is 302 Å². The van der Waals surface area contributed by atoms with E-state index in [0.717, 1.165) is 179 Å². The van der Waals surface area contributed by atoms with Crippen molar-refractivity contribution >= 4 is 23.4 Å². The molecule has 4 saturated heterocycles. The molecule has 0 radical (unpaired) electrons. The number of hydrogen-bond donors (Lipinski definition) is 1. The summed E-state index contributed by atoms with van der Waals surface area (Å²) in [6.45, 7) is 45.1. The number of aliphatic imine (C=N–C) groups is 1. The Hall–Kier alpha value is -8.22. The van der Waals surface area contributed by atoms with Gasteiger partial charge in [-0.1, -0.05) is 114 Å². The normalized spacial score (nSPS) is 31.3. The van der Waals surface area contributed by atoms with Crippen molar-refractivity contribution in [1.29, 1.82) is 5.26 Å². The van der Waals surface area contributed by atoms with Crippen molar-refractivity contribution in [3.63, 3.8) is 0 Å². The highest BCUT2D eigenvalue weighted by atomic mass is 16.8. The monoisotopic (exact) mass is 1750 g/mol. The minimum atomic E-state index is -0.491. The fraction of sp³-hybridized carbons (Fsp3) is 0.750. The van der Waals surface area contributed by atoms with Crippen LogP contribution in [0.4, 0.5) is 0 Å². The van der Waals surface area contributed by atoms with Gasteiger partial charge in [0.05, 0.1) is 81.3 Å². The predicted octanol–water partition coefficient (Wildman–Crippen LogP) is 13.7. The topological polar surface area (TPSA) is 357 Å². The summed E-state index contributed by atoms with van der Waals surface area (Å²) in [5.74, 6) is 2.99. The number of hydrogen-bond acceptors (Lipinski definition) is 23. The van der Waals surface area contributed by atoms with E-state index in [1.54, 1.807) is 14.0 Å². The molecule has 2 N–H and O–H groups in total. The molecule has 4 aliphatic heterocycles. The molecule has 10 atom stereocenters. The van der Waals surface area contributed by atoms with Crippen LogP contribution in [-0.4, -0.2) is 188 Å². The van der Waals surface area contributed by atoms with E-state index in [4.69, 9.17) is 78.2 Å². The van der Waals surface area contributed by atoms with Crippen LogP contribution in [0.25, 0.3) is 23.2 Å². The Morgan fingerprint density at radius 1 is 0.417 bits per heavy atom. The molecular weight excluding hydrogens is 1610 g/mol. The minimum Gasteiger partial charge on any atom is -0.366 e. The number of Topliss-reactive ketones (excluding diaryl/α,β-unsaturated/α-hetero) is 1. The van der Waals surface area contributed by atoms with Crippen molar-refractivity contribution in [3.8, 4) is 29.2 Å². The van der Waals surface area contributed by atoms with Gasteiger partial charge < -0.3 is 57.6 Å². The van der Waals surface area contributed by atoms with Gasteiger partial charge in [0.15, 0.2) is 34.8 Å². The Morgan fingerprint density at radius 3 is 1.06 bits per heavy atom. The molecule has 0 aromatic carbocycles. The lowest BCUT2D eigenvalue weighted by Gasteiger charge is -2.59. The highest BCUT2D eigenvalue weighted by Crippen LogP contribution is 2.68. The summed E-state index contributed by atoms with van der Waals surface area (Å²) in [6.07, 6.45) is 18.5. The van der Waals surface area contributed by atoms with Crippen molar-refractivity contribution in [2.24, 2.45) is 103 Å². The van der Waals surface area contributed by atoms with E-state index < -0.39 is 23.1 Å². The fourth-order valence-electron chi connectivity index (χ4n) is 28.6. The summed E-state index contributed by atoms with van der Waals surface area (Å²) in [4.78, 5) is 52.3. The third kappa shape index (κ3) is 13.4. The molecule has 4 spiro atoms. The lowest BCUT2D eigenvalue weighted by Crippen LogP contribution is -2.61. The molecule has 0 bridgehead atoms. The van der Waals surface area contributed by atoms with Gasteiger partial charge in [0.2, 0.25) is 0 Å². The summed E-state index contributed by atoms with van der Waals surface area (Å²) in [6, 6.07) is 2.34. The summed E-state index contributed by atoms with van der Waals surface area (Å²) >= 11 is 0. The Labute approximate surface area is 747 Å². The number of ketones is 1. The van der Waals surface area contributed by atoms with Gasteiger partial charge in [-0.2, -0.15) is 45.7 Å². The first kappa shape index (κ1) is 90.7. The van der Waals surface area contributed by atoms with E-state index in [1.807, 2.05) is 84.4 Å². The first-order valence-corrected chi connectivity index (χ1v) is 46.7. The maximum absolute atomic E-state index is 13.0. The molecule has 21 rings (SSSR count). The molecule has 5 saturated carbocycles. The van der Waals surface area contributed by atoms with Crippen LogP contribution >= 0.6 is 0 Å². The first-order chi connectivity index (χ1) is 59.6. The number of nitriles is 1. The second kappa shape index (κ2) is 31.2. The largest absolute Gasteiger partial charge is 0.366 e. The number of nitrogens with two attached hydrogens (primary N) is 1. The SMILES string of the molecule is CC(=NC(=O)c1c2c(nn1C)[C@@]1(C)CCC3(OCCO3)C(C)(C)[C@@H]1CC2)N(C)C.Cc1noc(-c2c3c(nn2C)[C@@]2(C)CCC(=O)C(C)(C)[C@@H]2CC3)n1.Cc1noc(-c2c3c(nn2C)[C@@]2(C)CCC4(OCCO4)C(C)(C)[C@@H]2CC3)n1.Cn1nc2c(c1C#N)CC[C@H]1C(C)(C)C3(CC[C@]21C)OCCO3.Cn1nc2c(c1C(N)=O)CC[C@H]1C(C)(C)C3(CC[C@]21C)OCCO3. The number of primary amides is 1. The van der Waals surface area contributed by atoms with Gasteiger partial charge in [-0.05, 0) is 147 Å². The van der Waals surface area contributed by atoms with Gasteiger partial charge in [-0.25, -0.2) is 0 Å². The summed E-state index contributed by atoms with van der Waals surface area (Å²) in [7, 11) is 13.3. The second-order valence-electron chi connectivity index (χ2n) is 43.5. The predicted molar refractivity (Wildman–Crippen MR) is 471 cm³/mol. The molecular formula is C96H138N18O13. The number of aromatic nitrogens is 14. The maximum Gasteiger partial charge on any atom is 0.297 e. The van der Waals surface area contributed by atoms with Crippen LogP contribution in [0.5, 0.6) is 0 Å². The molecule has 9 fully saturated rings. The zero-order valence-electron chi connectivity index (χ0n) is 80.2. The molecule has 690 valence electrons. The molecule has 31 nitrogen and oxygen atoms in total. The van der Waals surface area contributed by atoms with Crippen LogP contribution in [-0.2, 0) is 137 Å². The van der Waals surface area contributed by atoms with Crippen molar-refractivity contribution < 1.29 is 61.3 Å². The van der Waals surface area contributed by atoms with E-state index in [1.165, 1.54) is 16.8 Å². The van der Waals surface area contributed by atoms with Crippen molar-refractivity contribution in [2.45, 2.75) is 303 Å². The minimum absolute atomic E-state index is 0.00942. The standard InChI is InChI=1S/C22H34N4O3.C20H28N4O3.C18H24N4O2.C18H27N3O3.C18H25N3O2/c1-14(25(5)6)23-19(27)17-15-8-9-16-20(2,3)22(28-12-13-29-22)11-10-21(16,4)18(15)24-26(17)7;1-12-21-17(27-23-12)15-13-6-7-14-18(2,3)20(25-10-11-26-20)9-8-19(14,4)16(13)22-24(15)5;1-10-19-16(24-21-10)14-11-6-7-12-17(2,3)13(23)8-9-18(12,4)15(11)20-22(14)5;1-16(2)12-6-5-11-13(15(19)22)21(4)20-14(11)17(12,3)7-8-18(16)23-9-10-24-18;1-16(2)14-6-5-12-13(11-19)21(4)20-15(12)17(14,3)7-8-18(16)22-9-10-23-18/h16H,8-13H2,1-7H3;14H,6-11H2,1-5H3;12H,6-9H2,1-5H3;12H,5-10H2,1-4H3,(H2,19,22);14H,5-10H2,1-4H3/t16-,21-;14-,19-;12-,18-;12-,17-;14-,17-/m00000/s1. The Balaban J connectivity index is 0.000000112. The van der Waals surface area contributed by atoms with Gasteiger partial charge in [-0.15, -0.1) is 0 Å². The molecule has 7 aromatic heterocycles. The summed E-state index contributed by atoms with van der Waals surface area (Å²) < 4.78 is 69.1. The fourth-order valence-corrected chi connectivity index (χ4v) is 28.6. The number of ether oxygens (including phenoxy) is 8. The summed E-state index contributed by atoms with van der Waals surface area (Å²) in [5, 5.41) is 41.6. The molecule has 0 unspecified atom stereocenters. The Kier molecular flexibility index (Phi) is 22.3. The van der Waals surface area contributed by atoms with Gasteiger partial charge in [-0.3, -0.25) is 37.8 Å². The van der Waals surface area contributed by atoms with Gasteiger partial charge in [0, 0.05) is 163 Å². The van der Waals surface area contributed by atoms with E-state index >= 15 is 0 Å². The molecule has 14 aliphatic rings. The average Bonchev–Trinajstić information content (AvgIpc) is 1.64. The van der Waals surface area contributed by atoms with Gasteiger partial charge >= 0.3 is 0 Å². The number of aryl methyl sites for hydroxylation is 7. The van der Waals surface area contributed by atoms with E-state index in [9.17, 15) is 19.6 Å². The second-order valence-corrected chi connectivity index (χ2v) is 43.5. The smallest absolute Gasteiger partial charge is 0.297 e. The molecule has 31 heteroatoms. The van der Waals surface area contributed by atoms with Crippen molar-refractivity contribution in [3.05, 3.63) is 85.0 Å². The first-order valence-electron chi connectivity index (χ1n) is 46.7. The quantitative estimate of drug-likeness (QED) is 0.126. The molecule has 127 heavy (non-hydrogen) atoms. The van der Waals surface area contributed by atoms with Crippen molar-refractivity contribution in [2.75, 3.05) is 67.0 Å². The Bertz CT molecular complexity index is 5530. The van der Waals surface area contributed by atoms with Crippen LogP contribution < -0.4 is 5.73 Å². The Morgan fingerprint density at radius 2 is 0.717 bits per heavy atom. The van der Waals surface area contributed by atoms with Crippen LogP contribution in [0.15, 0.2) is 14.0 Å². The summed E-state index contributed by atoms with van der Waals surface area (Å²) in [5.41, 5.74) is 19.8. The zero-order valence-corrected chi connectivity index (χ0v) is 80.2. The average molecular weight is 1750 g/mol. The highest BCUT2D eigenvalue weighted by molar-refractivity contribution is 6.02. The number of amidine groups is 1. The number of carbonyl (C=O) groups excluding carboxylic acids is 3. The van der Waals surface area contributed by atoms with Crippen molar-refractivity contribution in [1.82, 2.24) is 74.1 Å². The van der Waals surface area contributed by atoms with Crippen LogP contribution in [0, 0.1) is 81.8 Å². The number of carbonyl (C=O) groups is 3. The lowest BCUT2D eigenvalue weighted by atomic mass is 9.49. The van der Waals surface area contributed by atoms with Gasteiger partial charge in [0.25, 0.3) is 23.6 Å². The third-order valence-corrected chi connectivity index (χ3v) is 35.4. The van der Waals surface area contributed by atoms with Gasteiger partial charge in [0.1, 0.15) is 46.2 Å². The zero-order chi connectivity index (χ0) is 91.3. The molecule has 2 amide bonds. The highest BCUT2D eigenvalue weighted by Gasteiger charge is 2.69. The van der Waals surface area contributed by atoms with Crippen LogP contribution in [0.3, 0.4) is 0 Å². The third-order valence-electron chi connectivity index (χ3n) is 35.4. The maximum atomic E-state index is 13.0. The van der Waals surface area contributed by atoms with E-state index in [-0.39, 0.29) is 66.0 Å². The van der Waals surface area contributed by atoms with E-state index in [2.05, 4.69) is 135 Å². The number of amides is 2. The molecule has 11 heterocycles. The number of rotatable bonds is 4. The number of nitrogens with zero attached hydrogens (tertiary/aromatic N) is 17. The van der Waals surface area contributed by atoms with E-state index in [0.29, 0.717) is 135 Å².